The van der Waals surface area contributed by atoms with Gasteiger partial charge in [-0.15, -0.1) is 22.7 Å². The standard InChI is InChI=1S/C56H46N2S2/c1-4-6-18-37(5-2)58(40-30-32-54-48(34-40)44-24-15-17-28-52(44)60-54)56-36(3)55-45-25-12-11-22-42(45)50(35-49(55)41-21-10-13-26-46(41)56)57(38-19-8-7-9-20-38)39-29-31-53-47(33-39)43-23-14-16-27-51(43)59-53/h4,6-9,11-20,22-36,56H,5,10,21H2,1-3H3/b6-4-,37-18+. The number of fused-ring (bicyclic) bond motifs is 10. The van der Waals surface area contributed by atoms with E-state index in [1.165, 1.54) is 96.1 Å². The van der Waals surface area contributed by atoms with Gasteiger partial charge in [0.1, 0.15) is 0 Å². The van der Waals surface area contributed by atoms with Gasteiger partial charge in [0.2, 0.25) is 0 Å². The van der Waals surface area contributed by atoms with Crippen LogP contribution in [-0.2, 0) is 0 Å². The highest BCUT2D eigenvalue weighted by atomic mass is 32.1. The predicted octanol–water partition coefficient (Wildman–Crippen LogP) is 17.0. The highest BCUT2D eigenvalue weighted by molar-refractivity contribution is 7.26. The Balaban J connectivity index is 1.15. The normalized spacial score (nSPS) is 16.8. The summed E-state index contributed by atoms with van der Waals surface area (Å²) in [6, 6.07) is 54.8. The van der Waals surface area contributed by atoms with E-state index in [2.05, 4.69) is 207 Å². The molecule has 0 N–H and O–H groups in total. The highest BCUT2D eigenvalue weighted by Gasteiger charge is 2.39. The first-order valence-corrected chi connectivity index (χ1v) is 23.0. The van der Waals surface area contributed by atoms with Gasteiger partial charge in [0, 0.05) is 74.4 Å². The fourth-order valence-corrected chi connectivity index (χ4v) is 12.3. The van der Waals surface area contributed by atoms with Crippen LogP contribution in [0.4, 0.5) is 22.7 Å². The average molecular weight is 811 g/mol. The largest absolute Gasteiger partial charge is 0.337 e. The van der Waals surface area contributed by atoms with Crippen LogP contribution in [0.5, 0.6) is 0 Å². The lowest BCUT2D eigenvalue weighted by atomic mass is 9.70. The van der Waals surface area contributed by atoms with Gasteiger partial charge in [-0.1, -0.05) is 117 Å². The van der Waals surface area contributed by atoms with E-state index < -0.39 is 0 Å². The van der Waals surface area contributed by atoms with Crippen molar-refractivity contribution in [2.75, 3.05) is 9.80 Å². The van der Waals surface area contributed by atoms with Crippen molar-refractivity contribution in [2.45, 2.75) is 52.0 Å². The summed E-state index contributed by atoms with van der Waals surface area (Å²) in [5.74, 6) is 0.189. The van der Waals surface area contributed by atoms with Crippen molar-refractivity contribution in [3.63, 3.8) is 0 Å². The summed E-state index contributed by atoms with van der Waals surface area (Å²) in [7, 11) is 0. The van der Waals surface area contributed by atoms with Gasteiger partial charge in [0.15, 0.2) is 0 Å². The summed E-state index contributed by atoms with van der Waals surface area (Å²) in [6.45, 7) is 6.91. The molecule has 2 aliphatic rings. The van der Waals surface area contributed by atoms with Crippen LogP contribution in [0.1, 0.15) is 57.1 Å². The quantitative estimate of drug-likeness (QED) is 0.141. The lowest BCUT2D eigenvalue weighted by molar-refractivity contribution is 0.595. The van der Waals surface area contributed by atoms with Crippen LogP contribution in [0.15, 0.2) is 187 Å². The lowest BCUT2D eigenvalue weighted by Crippen LogP contribution is -2.42. The van der Waals surface area contributed by atoms with E-state index >= 15 is 0 Å². The van der Waals surface area contributed by atoms with Crippen LogP contribution in [0, 0.1) is 0 Å². The Bertz CT molecular complexity index is 3250. The lowest BCUT2D eigenvalue weighted by Gasteiger charge is -2.45. The Kier molecular flexibility index (Phi) is 9.29. The number of anilines is 4. The predicted molar refractivity (Wildman–Crippen MR) is 264 cm³/mol. The minimum absolute atomic E-state index is 0.108. The maximum absolute atomic E-state index is 2.70. The zero-order chi connectivity index (χ0) is 40.3. The molecule has 2 heterocycles. The molecule has 2 nitrogen and oxygen atoms in total. The zero-order valence-corrected chi connectivity index (χ0v) is 35.9. The van der Waals surface area contributed by atoms with Crippen molar-refractivity contribution in [2.24, 2.45) is 0 Å². The molecule has 0 spiro atoms. The van der Waals surface area contributed by atoms with Crippen LogP contribution >= 0.6 is 22.7 Å². The monoisotopic (exact) mass is 810 g/mol. The van der Waals surface area contributed by atoms with Crippen LogP contribution < -0.4 is 9.80 Å². The topological polar surface area (TPSA) is 6.48 Å². The van der Waals surface area contributed by atoms with Gasteiger partial charge in [-0.3, -0.25) is 0 Å². The molecule has 9 aromatic rings. The molecule has 292 valence electrons. The minimum Gasteiger partial charge on any atom is -0.337 e. The van der Waals surface area contributed by atoms with Gasteiger partial charge in [-0.25, -0.2) is 0 Å². The number of para-hydroxylation sites is 1. The summed E-state index contributed by atoms with van der Waals surface area (Å²) in [6.07, 6.45) is 14.6. The average Bonchev–Trinajstić information content (AvgIpc) is 3.87. The van der Waals surface area contributed by atoms with E-state index in [4.69, 9.17) is 0 Å². The SMILES string of the molecule is C/C=C\C=C(/CC)N(c1ccc2sc3ccccc3c2c1)C1C2=C(CCC=C2)c2cc(N(c3ccccc3)c3ccc4sc5ccccc5c4c3)c3ccccc3c2C1C. The summed E-state index contributed by atoms with van der Waals surface area (Å²) >= 11 is 3.76. The second-order valence-electron chi connectivity index (χ2n) is 16.1. The molecule has 2 aromatic heterocycles. The number of allylic oxidation sites excluding steroid dienone is 6. The van der Waals surface area contributed by atoms with Crippen molar-refractivity contribution in [3.05, 3.63) is 198 Å². The van der Waals surface area contributed by atoms with Crippen molar-refractivity contribution >= 4 is 102 Å². The van der Waals surface area contributed by atoms with Crippen LogP contribution in [0.3, 0.4) is 0 Å². The number of benzene rings is 7. The van der Waals surface area contributed by atoms with Crippen molar-refractivity contribution in [3.8, 4) is 0 Å². The molecule has 7 aromatic carbocycles. The van der Waals surface area contributed by atoms with E-state index in [0.29, 0.717) is 0 Å². The third kappa shape index (κ3) is 5.96. The van der Waals surface area contributed by atoms with Gasteiger partial charge >= 0.3 is 0 Å². The Morgan fingerprint density at radius 2 is 1.23 bits per heavy atom. The van der Waals surface area contributed by atoms with Crippen LogP contribution in [0.2, 0.25) is 0 Å². The smallest absolute Gasteiger partial charge is 0.0657 e. The van der Waals surface area contributed by atoms with E-state index in [1.54, 1.807) is 0 Å². The number of thiophene rings is 2. The molecule has 0 saturated heterocycles. The summed E-state index contributed by atoms with van der Waals surface area (Å²) < 4.78 is 5.32. The molecule has 0 fully saturated rings. The first kappa shape index (κ1) is 36.8. The van der Waals surface area contributed by atoms with Crippen LogP contribution in [-0.4, -0.2) is 6.04 Å². The Morgan fingerprint density at radius 3 is 1.92 bits per heavy atom. The Hall–Kier alpha value is -6.20. The zero-order valence-electron chi connectivity index (χ0n) is 34.2. The summed E-state index contributed by atoms with van der Waals surface area (Å²) in [5, 5.41) is 7.90. The molecule has 0 radical (unpaired) electrons. The number of hydrogen-bond donors (Lipinski definition) is 0. The molecule has 0 bridgehead atoms. The fourth-order valence-electron chi connectivity index (χ4n) is 10.1. The molecule has 0 aliphatic heterocycles. The van der Waals surface area contributed by atoms with Crippen LogP contribution in [0.25, 0.3) is 56.7 Å². The van der Waals surface area contributed by atoms with Gasteiger partial charge in [-0.2, -0.15) is 0 Å². The number of hydrogen-bond acceptors (Lipinski definition) is 4. The molecule has 60 heavy (non-hydrogen) atoms. The molecule has 2 atom stereocenters. The third-order valence-electron chi connectivity index (χ3n) is 12.8. The van der Waals surface area contributed by atoms with E-state index in [9.17, 15) is 0 Å². The van der Waals surface area contributed by atoms with E-state index in [0.717, 1.165) is 24.9 Å². The van der Waals surface area contributed by atoms with Gasteiger partial charge < -0.3 is 9.80 Å². The number of rotatable bonds is 8. The van der Waals surface area contributed by atoms with Crippen molar-refractivity contribution in [1.29, 1.82) is 0 Å². The van der Waals surface area contributed by atoms with Crippen molar-refractivity contribution < 1.29 is 0 Å². The Labute approximate surface area is 360 Å². The second-order valence-corrected chi connectivity index (χ2v) is 18.3. The summed E-state index contributed by atoms with van der Waals surface area (Å²) in [4.78, 5) is 5.20. The third-order valence-corrected chi connectivity index (χ3v) is 15.1. The number of nitrogens with zero attached hydrogens (tertiary/aromatic N) is 2. The van der Waals surface area contributed by atoms with Gasteiger partial charge in [0.25, 0.3) is 0 Å². The van der Waals surface area contributed by atoms with Crippen molar-refractivity contribution in [1.82, 2.24) is 0 Å². The summed E-state index contributed by atoms with van der Waals surface area (Å²) in [5.41, 5.74) is 11.9. The maximum atomic E-state index is 2.70. The Morgan fingerprint density at radius 1 is 0.633 bits per heavy atom. The van der Waals surface area contributed by atoms with Gasteiger partial charge in [0.05, 0.1) is 11.7 Å². The van der Waals surface area contributed by atoms with E-state index in [-0.39, 0.29) is 12.0 Å². The molecular weight excluding hydrogens is 765 g/mol. The molecule has 2 aliphatic carbocycles. The molecule has 4 heteroatoms. The van der Waals surface area contributed by atoms with Gasteiger partial charge in [-0.05, 0) is 127 Å². The first-order valence-electron chi connectivity index (χ1n) is 21.4. The minimum atomic E-state index is 0.108. The maximum Gasteiger partial charge on any atom is 0.0657 e. The molecule has 0 saturated carbocycles. The fraction of sp³-hybridized carbons (Fsp3) is 0.143. The second kappa shape index (κ2) is 15.1. The molecule has 2 unspecified atom stereocenters. The molecular formula is C56H46N2S2. The highest BCUT2D eigenvalue weighted by Crippen LogP contribution is 2.53. The first-order chi connectivity index (χ1) is 29.6. The molecule has 11 rings (SSSR count). The van der Waals surface area contributed by atoms with E-state index in [1.807, 2.05) is 22.7 Å². The molecule has 0 amide bonds.